The number of hydrogen-bond donors (Lipinski definition) is 1. The molecule has 4 rings (SSSR count). The van der Waals surface area contributed by atoms with E-state index >= 15 is 0 Å². The Morgan fingerprint density at radius 1 is 1.14 bits per heavy atom. The summed E-state index contributed by atoms with van der Waals surface area (Å²) in [5.41, 5.74) is 3.11. The highest BCUT2D eigenvalue weighted by molar-refractivity contribution is 7.89. The van der Waals surface area contributed by atoms with Crippen molar-refractivity contribution in [1.82, 2.24) is 14.4 Å². The Morgan fingerprint density at radius 2 is 1.89 bits per heavy atom. The number of rotatable bonds is 5. The fourth-order valence-electron chi connectivity index (χ4n) is 3.79. The maximum atomic E-state index is 13.0. The van der Waals surface area contributed by atoms with E-state index in [1.807, 2.05) is 17.0 Å². The van der Waals surface area contributed by atoms with Crippen molar-refractivity contribution >= 4 is 21.8 Å². The molecule has 150 valence electrons. The standard InChI is InChI=1S/C19H24N4O4S/c1-14-11-19(27-21-14)20-18(24)13-22-7-9-23(10-8-22)28(25,26)17-6-5-15-3-2-4-16(15)12-17/h5-6,11-12H,2-4,7-10,13H2,1H3,(H,20,24). The number of nitrogens with one attached hydrogen (secondary N) is 1. The van der Waals surface area contributed by atoms with Gasteiger partial charge in [-0.15, -0.1) is 0 Å². The first kappa shape index (κ1) is 19.1. The van der Waals surface area contributed by atoms with Crippen LogP contribution in [0.1, 0.15) is 23.2 Å². The van der Waals surface area contributed by atoms with Crippen molar-refractivity contribution in [3.05, 3.63) is 41.1 Å². The minimum Gasteiger partial charge on any atom is -0.338 e. The Bertz CT molecular complexity index is 978. The minimum atomic E-state index is -3.50. The average molecular weight is 404 g/mol. The lowest BCUT2D eigenvalue weighted by molar-refractivity contribution is -0.117. The third kappa shape index (κ3) is 3.96. The van der Waals surface area contributed by atoms with Crippen LogP contribution >= 0.6 is 0 Å². The van der Waals surface area contributed by atoms with Crippen molar-refractivity contribution in [3.8, 4) is 0 Å². The third-order valence-corrected chi connectivity index (χ3v) is 7.19. The third-order valence-electron chi connectivity index (χ3n) is 5.30. The quantitative estimate of drug-likeness (QED) is 0.810. The van der Waals surface area contributed by atoms with Crippen molar-refractivity contribution in [2.45, 2.75) is 31.1 Å². The summed E-state index contributed by atoms with van der Waals surface area (Å²) in [4.78, 5) is 14.4. The fraction of sp³-hybridized carbons (Fsp3) is 0.474. The van der Waals surface area contributed by atoms with Crippen LogP contribution in [0.3, 0.4) is 0 Å². The molecular weight excluding hydrogens is 380 g/mol. The Labute approximate surface area is 164 Å². The summed E-state index contributed by atoms with van der Waals surface area (Å²) in [5, 5.41) is 6.39. The van der Waals surface area contributed by atoms with Crippen molar-refractivity contribution in [1.29, 1.82) is 0 Å². The Morgan fingerprint density at radius 3 is 2.61 bits per heavy atom. The molecule has 0 saturated carbocycles. The van der Waals surface area contributed by atoms with Crippen molar-refractivity contribution < 1.29 is 17.7 Å². The van der Waals surface area contributed by atoms with Crippen LogP contribution in [0.4, 0.5) is 5.88 Å². The number of aromatic nitrogens is 1. The molecular formula is C19H24N4O4S. The van der Waals surface area contributed by atoms with E-state index < -0.39 is 10.0 Å². The van der Waals surface area contributed by atoms with Crippen LogP contribution in [-0.4, -0.2) is 61.4 Å². The number of sulfonamides is 1. The second kappa shape index (κ2) is 7.65. The average Bonchev–Trinajstić information content (AvgIpc) is 3.30. The van der Waals surface area contributed by atoms with Crippen LogP contribution < -0.4 is 5.32 Å². The van der Waals surface area contributed by atoms with Gasteiger partial charge in [0.2, 0.25) is 21.8 Å². The molecule has 1 aromatic carbocycles. The molecule has 0 bridgehead atoms. The summed E-state index contributed by atoms with van der Waals surface area (Å²) in [5.74, 6) is 0.117. The first-order chi connectivity index (χ1) is 13.4. The maximum Gasteiger partial charge on any atom is 0.243 e. The zero-order valence-corrected chi connectivity index (χ0v) is 16.7. The summed E-state index contributed by atoms with van der Waals surface area (Å²) in [7, 11) is -3.50. The number of anilines is 1. The van der Waals surface area contributed by atoms with E-state index in [9.17, 15) is 13.2 Å². The molecule has 2 heterocycles. The van der Waals surface area contributed by atoms with Crippen LogP contribution in [0.25, 0.3) is 0 Å². The number of carbonyl (C=O) groups is 1. The summed E-state index contributed by atoms with van der Waals surface area (Å²) in [6, 6.07) is 7.15. The van der Waals surface area contributed by atoms with Crippen molar-refractivity contribution in [3.63, 3.8) is 0 Å². The van der Waals surface area contributed by atoms with E-state index in [-0.39, 0.29) is 12.5 Å². The Kier molecular flexibility index (Phi) is 5.22. The molecule has 1 saturated heterocycles. The van der Waals surface area contributed by atoms with Gasteiger partial charge in [0, 0.05) is 32.2 Å². The van der Waals surface area contributed by atoms with Crippen LogP contribution in [0.2, 0.25) is 0 Å². The largest absolute Gasteiger partial charge is 0.338 e. The number of amides is 1. The molecule has 0 spiro atoms. The summed E-state index contributed by atoms with van der Waals surface area (Å²) >= 11 is 0. The predicted octanol–water partition coefficient (Wildman–Crippen LogP) is 1.42. The van der Waals surface area contributed by atoms with Gasteiger partial charge < -0.3 is 4.52 Å². The van der Waals surface area contributed by atoms with Crippen molar-refractivity contribution in [2.75, 3.05) is 38.0 Å². The molecule has 0 atom stereocenters. The zero-order valence-electron chi connectivity index (χ0n) is 15.8. The molecule has 1 fully saturated rings. The number of carbonyl (C=O) groups excluding carboxylic acids is 1. The first-order valence-corrected chi connectivity index (χ1v) is 10.9. The summed E-state index contributed by atoms with van der Waals surface area (Å²) < 4.78 is 32.4. The molecule has 0 unspecified atom stereocenters. The van der Waals surface area contributed by atoms with E-state index in [0.717, 1.165) is 24.8 Å². The van der Waals surface area contributed by atoms with Crippen LogP contribution in [-0.2, 0) is 27.7 Å². The van der Waals surface area contributed by atoms with E-state index in [0.29, 0.717) is 42.7 Å². The molecule has 1 aromatic heterocycles. The predicted molar refractivity (Wildman–Crippen MR) is 104 cm³/mol. The lowest BCUT2D eigenvalue weighted by atomic mass is 10.1. The normalized spacial score (nSPS) is 18.2. The van der Waals surface area contributed by atoms with Crippen molar-refractivity contribution in [2.24, 2.45) is 0 Å². The molecule has 0 radical (unpaired) electrons. The van der Waals surface area contributed by atoms with Gasteiger partial charge in [0.15, 0.2) is 0 Å². The van der Waals surface area contributed by atoms with Gasteiger partial charge in [0.05, 0.1) is 17.1 Å². The van der Waals surface area contributed by atoms with Crippen LogP contribution in [0.5, 0.6) is 0 Å². The van der Waals surface area contributed by atoms with E-state index in [4.69, 9.17) is 4.52 Å². The number of benzene rings is 1. The number of piperazine rings is 1. The van der Waals surface area contributed by atoms with Gasteiger partial charge in [-0.05, 0) is 49.4 Å². The zero-order chi connectivity index (χ0) is 19.7. The second-order valence-corrected chi connectivity index (χ2v) is 9.28. The summed E-state index contributed by atoms with van der Waals surface area (Å²) in [6.45, 7) is 3.72. The molecule has 9 heteroatoms. The van der Waals surface area contributed by atoms with Gasteiger partial charge in [-0.3, -0.25) is 15.0 Å². The molecule has 1 aliphatic heterocycles. The number of hydrogen-bond acceptors (Lipinski definition) is 6. The molecule has 1 aliphatic carbocycles. The Hall–Kier alpha value is -2.23. The van der Waals surface area contributed by atoms with Gasteiger partial charge in [-0.2, -0.15) is 4.31 Å². The number of nitrogens with zero attached hydrogens (tertiary/aromatic N) is 3. The molecule has 1 N–H and O–H groups in total. The maximum absolute atomic E-state index is 13.0. The van der Waals surface area contributed by atoms with Gasteiger partial charge in [0.25, 0.3) is 0 Å². The monoisotopic (exact) mass is 404 g/mol. The second-order valence-electron chi connectivity index (χ2n) is 7.35. The highest BCUT2D eigenvalue weighted by Gasteiger charge is 2.30. The lowest BCUT2D eigenvalue weighted by Crippen LogP contribution is -2.50. The smallest absolute Gasteiger partial charge is 0.243 e. The highest BCUT2D eigenvalue weighted by Crippen LogP contribution is 2.26. The fourth-order valence-corrected chi connectivity index (χ4v) is 5.26. The lowest BCUT2D eigenvalue weighted by Gasteiger charge is -2.33. The number of fused-ring (bicyclic) bond motifs is 1. The van der Waals surface area contributed by atoms with Gasteiger partial charge in [-0.1, -0.05) is 11.2 Å². The topological polar surface area (TPSA) is 95.8 Å². The van der Waals surface area contributed by atoms with E-state index in [1.54, 1.807) is 19.1 Å². The minimum absolute atomic E-state index is 0.187. The highest BCUT2D eigenvalue weighted by atomic mass is 32.2. The molecule has 2 aromatic rings. The SMILES string of the molecule is Cc1cc(NC(=O)CN2CCN(S(=O)(=O)c3ccc4c(c3)CCC4)CC2)on1. The first-order valence-electron chi connectivity index (χ1n) is 9.49. The Balaban J connectivity index is 1.33. The van der Waals surface area contributed by atoms with Gasteiger partial charge in [-0.25, -0.2) is 8.42 Å². The number of aryl methyl sites for hydroxylation is 3. The molecule has 1 amide bonds. The molecule has 2 aliphatic rings. The van der Waals surface area contributed by atoms with Crippen LogP contribution in [0, 0.1) is 6.92 Å². The van der Waals surface area contributed by atoms with Gasteiger partial charge >= 0.3 is 0 Å². The molecule has 28 heavy (non-hydrogen) atoms. The summed E-state index contributed by atoms with van der Waals surface area (Å²) in [6.07, 6.45) is 3.07. The van der Waals surface area contributed by atoms with E-state index in [1.165, 1.54) is 9.87 Å². The van der Waals surface area contributed by atoms with E-state index in [2.05, 4.69) is 10.5 Å². The van der Waals surface area contributed by atoms with Gasteiger partial charge in [0.1, 0.15) is 0 Å². The van der Waals surface area contributed by atoms with Crippen LogP contribution in [0.15, 0.2) is 33.7 Å². The molecule has 8 nitrogen and oxygen atoms in total.